The Hall–Kier alpha value is -3.78. The Bertz CT molecular complexity index is 1180. The van der Waals surface area contributed by atoms with Crippen molar-refractivity contribution in [1.29, 1.82) is 0 Å². The zero-order valence-corrected chi connectivity index (χ0v) is 21.9. The molecular weight excluding hydrogens is 466 g/mol. The van der Waals surface area contributed by atoms with Gasteiger partial charge < -0.3 is 19.4 Å². The molecule has 0 N–H and O–H groups in total. The highest BCUT2D eigenvalue weighted by Crippen LogP contribution is 2.20. The number of benzene rings is 2. The third-order valence-corrected chi connectivity index (χ3v) is 6.65. The maximum absolute atomic E-state index is 13.2. The summed E-state index contributed by atoms with van der Waals surface area (Å²) in [6.45, 7) is 7.46. The van der Waals surface area contributed by atoms with Crippen LogP contribution in [0, 0.1) is 13.8 Å². The summed E-state index contributed by atoms with van der Waals surface area (Å²) in [6.07, 6.45) is 0.817. The van der Waals surface area contributed by atoms with Crippen LogP contribution in [-0.4, -0.2) is 84.8 Å². The third kappa shape index (κ3) is 6.92. The number of carbonyl (C=O) groups excluding carboxylic acids is 2. The summed E-state index contributed by atoms with van der Waals surface area (Å²) in [5.41, 5.74) is 4.74. The minimum absolute atomic E-state index is 0.0289. The molecule has 4 rings (SSSR count). The van der Waals surface area contributed by atoms with Crippen molar-refractivity contribution in [1.82, 2.24) is 20.0 Å². The number of aromatic nitrogens is 2. The number of anilines is 1. The molecule has 0 bridgehead atoms. The Morgan fingerprint density at radius 2 is 1.57 bits per heavy atom. The quantitative estimate of drug-likeness (QED) is 0.470. The van der Waals surface area contributed by atoms with Crippen LogP contribution in [0.25, 0.3) is 11.3 Å². The van der Waals surface area contributed by atoms with Crippen LogP contribution >= 0.6 is 0 Å². The third-order valence-electron chi connectivity index (χ3n) is 6.65. The average Bonchev–Trinajstić information content (AvgIpc) is 3.18. The molecule has 1 aliphatic heterocycles. The summed E-state index contributed by atoms with van der Waals surface area (Å²) >= 11 is 0. The number of carbonyl (C=O) groups is 2. The van der Waals surface area contributed by atoms with Crippen LogP contribution in [0.4, 0.5) is 5.82 Å². The first kappa shape index (κ1) is 26.3. The predicted octanol–water partition coefficient (Wildman–Crippen LogP) is 3.59. The minimum atomic E-state index is -0.161. The number of hydrogen-bond acceptors (Lipinski definition) is 6. The van der Waals surface area contributed by atoms with Crippen molar-refractivity contribution < 1.29 is 14.3 Å². The Labute approximate surface area is 218 Å². The highest BCUT2D eigenvalue weighted by molar-refractivity contribution is 5.96. The van der Waals surface area contributed by atoms with Gasteiger partial charge in [-0.05, 0) is 44.5 Å². The van der Waals surface area contributed by atoms with Crippen molar-refractivity contribution in [2.45, 2.75) is 20.3 Å². The van der Waals surface area contributed by atoms with Crippen LogP contribution in [0.2, 0.25) is 0 Å². The standard InChI is InChI=1S/C29H35N5O3/c1-22-5-9-24(10-6-22)26-13-14-27(31-30-26)32-15-4-16-33(18-17-32)28(35)21-34(19-20-37-3)29(36)25-11-7-23(2)8-12-25/h5-14H,4,15-21H2,1-3H3. The fraction of sp³-hybridized carbons (Fsp3) is 0.379. The Kier molecular flexibility index (Phi) is 8.85. The number of ether oxygens (including phenoxy) is 1. The summed E-state index contributed by atoms with van der Waals surface area (Å²) < 4.78 is 5.19. The number of amides is 2. The molecule has 37 heavy (non-hydrogen) atoms. The molecule has 1 fully saturated rings. The van der Waals surface area contributed by atoms with Gasteiger partial charge in [-0.3, -0.25) is 9.59 Å². The molecule has 0 spiro atoms. The van der Waals surface area contributed by atoms with Crippen molar-refractivity contribution in [3.05, 3.63) is 77.4 Å². The summed E-state index contributed by atoms with van der Waals surface area (Å²) in [6, 6.07) is 19.6. The van der Waals surface area contributed by atoms with Crippen LogP contribution in [-0.2, 0) is 9.53 Å². The number of aryl methyl sites for hydroxylation is 2. The molecule has 2 heterocycles. The summed E-state index contributed by atoms with van der Waals surface area (Å²) in [5.74, 6) is 0.589. The summed E-state index contributed by atoms with van der Waals surface area (Å²) in [5, 5.41) is 8.90. The van der Waals surface area contributed by atoms with Crippen LogP contribution in [0.1, 0.15) is 27.9 Å². The number of rotatable bonds is 8. The van der Waals surface area contributed by atoms with E-state index in [1.165, 1.54) is 5.56 Å². The average molecular weight is 502 g/mol. The first-order valence-corrected chi connectivity index (χ1v) is 12.7. The maximum atomic E-state index is 13.2. The van der Waals surface area contributed by atoms with Gasteiger partial charge in [0.2, 0.25) is 5.91 Å². The highest BCUT2D eigenvalue weighted by Gasteiger charge is 2.24. The van der Waals surface area contributed by atoms with Crippen molar-refractivity contribution in [3.63, 3.8) is 0 Å². The molecule has 0 radical (unpaired) electrons. The number of hydrogen-bond donors (Lipinski definition) is 0. The highest BCUT2D eigenvalue weighted by atomic mass is 16.5. The SMILES string of the molecule is COCCN(CC(=O)N1CCCN(c2ccc(-c3ccc(C)cc3)nn2)CC1)C(=O)c1ccc(C)cc1. The predicted molar refractivity (Wildman–Crippen MR) is 145 cm³/mol. The van der Waals surface area contributed by atoms with Crippen molar-refractivity contribution >= 4 is 17.6 Å². The fourth-order valence-corrected chi connectivity index (χ4v) is 4.36. The second kappa shape index (κ2) is 12.5. The molecule has 194 valence electrons. The molecule has 1 aliphatic rings. The molecule has 0 saturated carbocycles. The van der Waals surface area contributed by atoms with Crippen LogP contribution in [0.15, 0.2) is 60.7 Å². The second-order valence-corrected chi connectivity index (χ2v) is 9.45. The lowest BCUT2D eigenvalue weighted by Crippen LogP contribution is -2.45. The largest absolute Gasteiger partial charge is 0.383 e. The van der Waals surface area contributed by atoms with E-state index < -0.39 is 0 Å². The molecule has 0 unspecified atom stereocenters. The maximum Gasteiger partial charge on any atom is 0.254 e. The topological polar surface area (TPSA) is 78.9 Å². The van der Waals surface area contributed by atoms with E-state index in [4.69, 9.17) is 4.74 Å². The minimum Gasteiger partial charge on any atom is -0.383 e. The van der Waals surface area contributed by atoms with E-state index in [1.54, 1.807) is 24.1 Å². The van der Waals surface area contributed by atoms with Gasteiger partial charge in [0.15, 0.2) is 5.82 Å². The van der Waals surface area contributed by atoms with Gasteiger partial charge >= 0.3 is 0 Å². The van der Waals surface area contributed by atoms with E-state index in [2.05, 4.69) is 34.2 Å². The lowest BCUT2D eigenvalue weighted by atomic mass is 10.1. The van der Waals surface area contributed by atoms with Gasteiger partial charge in [-0.25, -0.2) is 0 Å². The van der Waals surface area contributed by atoms with Crippen molar-refractivity contribution in [3.8, 4) is 11.3 Å². The zero-order chi connectivity index (χ0) is 26.2. The van der Waals surface area contributed by atoms with Gasteiger partial charge in [-0.1, -0.05) is 47.5 Å². The van der Waals surface area contributed by atoms with Crippen molar-refractivity contribution in [2.75, 3.05) is 57.9 Å². The fourth-order valence-electron chi connectivity index (χ4n) is 4.36. The summed E-state index contributed by atoms with van der Waals surface area (Å²) in [4.78, 5) is 31.9. The van der Waals surface area contributed by atoms with Gasteiger partial charge in [0.05, 0.1) is 12.3 Å². The first-order valence-electron chi connectivity index (χ1n) is 12.7. The second-order valence-electron chi connectivity index (χ2n) is 9.45. The molecule has 3 aromatic rings. The van der Waals surface area contributed by atoms with E-state index in [0.29, 0.717) is 38.3 Å². The number of methoxy groups -OCH3 is 1. The lowest BCUT2D eigenvalue weighted by Gasteiger charge is -2.27. The number of nitrogens with zero attached hydrogens (tertiary/aromatic N) is 5. The molecule has 0 atom stereocenters. The molecule has 1 aromatic heterocycles. The summed E-state index contributed by atoms with van der Waals surface area (Å²) in [7, 11) is 1.59. The van der Waals surface area contributed by atoms with Gasteiger partial charge in [-0.2, -0.15) is 0 Å². The van der Waals surface area contributed by atoms with Gasteiger partial charge in [0, 0.05) is 51.0 Å². The molecule has 8 nitrogen and oxygen atoms in total. The van der Waals surface area contributed by atoms with E-state index in [1.807, 2.05) is 48.2 Å². The van der Waals surface area contributed by atoms with Crippen LogP contribution in [0.3, 0.4) is 0 Å². The van der Waals surface area contributed by atoms with Gasteiger partial charge in [0.25, 0.3) is 5.91 Å². The molecule has 2 amide bonds. The molecule has 8 heteroatoms. The first-order chi connectivity index (χ1) is 17.9. The normalized spacial score (nSPS) is 13.8. The Morgan fingerprint density at radius 1 is 0.865 bits per heavy atom. The van der Waals surface area contributed by atoms with Gasteiger partial charge in [0.1, 0.15) is 6.54 Å². The molecule has 0 aliphatic carbocycles. The van der Waals surface area contributed by atoms with Gasteiger partial charge in [-0.15, -0.1) is 10.2 Å². The molecule has 2 aromatic carbocycles. The van der Waals surface area contributed by atoms with E-state index in [-0.39, 0.29) is 18.4 Å². The smallest absolute Gasteiger partial charge is 0.254 e. The van der Waals surface area contributed by atoms with E-state index in [0.717, 1.165) is 35.6 Å². The lowest BCUT2D eigenvalue weighted by molar-refractivity contribution is -0.131. The van der Waals surface area contributed by atoms with E-state index >= 15 is 0 Å². The monoisotopic (exact) mass is 501 g/mol. The Balaban J connectivity index is 1.37. The van der Waals surface area contributed by atoms with Crippen LogP contribution in [0.5, 0.6) is 0 Å². The van der Waals surface area contributed by atoms with Crippen molar-refractivity contribution in [2.24, 2.45) is 0 Å². The zero-order valence-electron chi connectivity index (χ0n) is 21.9. The van der Waals surface area contributed by atoms with Crippen LogP contribution < -0.4 is 4.90 Å². The molecule has 1 saturated heterocycles. The molecular formula is C29H35N5O3. The Morgan fingerprint density at radius 3 is 2.22 bits per heavy atom. The van der Waals surface area contributed by atoms with E-state index in [9.17, 15) is 9.59 Å².